The summed E-state index contributed by atoms with van der Waals surface area (Å²) < 4.78 is 0. The summed E-state index contributed by atoms with van der Waals surface area (Å²) in [5.74, 6) is -3.09. The maximum atomic E-state index is 11.6. The molecule has 0 aliphatic carbocycles. The van der Waals surface area contributed by atoms with E-state index < -0.39 is 30.3 Å². The molecule has 1 rings (SSSR count). The first-order valence-corrected chi connectivity index (χ1v) is 6.18. The molecule has 1 aromatic carbocycles. The molecule has 0 radical (unpaired) electrons. The summed E-state index contributed by atoms with van der Waals surface area (Å²) in [6.07, 6.45) is -0.0364. The molecule has 0 aliphatic heterocycles. The van der Waals surface area contributed by atoms with Crippen LogP contribution in [0.1, 0.15) is 24.0 Å². The molecule has 20 heavy (non-hydrogen) atoms. The fraction of sp³-hybridized carbons (Fsp3) is 0.357. The standard InChI is InChI=1S/C14H17NO5/c1-9-3-2-4-10(7-9)5-6-12(16)15-11(14(19)20)8-13(17)18/h2-4,7,11H,5-6,8H2,1H3,(H,15,16)(H,17,18)(H,19,20)/t11-/m0/s1. The Morgan fingerprint density at radius 1 is 1.25 bits per heavy atom. The van der Waals surface area contributed by atoms with Gasteiger partial charge in [0, 0.05) is 6.42 Å². The highest BCUT2D eigenvalue weighted by Gasteiger charge is 2.22. The molecule has 1 aromatic rings. The Kier molecular flexibility index (Phi) is 5.71. The zero-order valence-corrected chi connectivity index (χ0v) is 11.1. The number of hydrogen-bond donors (Lipinski definition) is 3. The molecule has 3 N–H and O–H groups in total. The number of aryl methyl sites for hydroxylation is 2. The van der Waals surface area contributed by atoms with Crippen LogP contribution in [0.15, 0.2) is 24.3 Å². The number of benzene rings is 1. The predicted molar refractivity (Wildman–Crippen MR) is 71.3 cm³/mol. The Morgan fingerprint density at radius 3 is 2.50 bits per heavy atom. The summed E-state index contributed by atoms with van der Waals surface area (Å²) in [6, 6.07) is 6.26. The number of carbonyl (C=O) groups excluding carboxylic acids is 1. The summed E-state index contributed by atoms with van der Waals surface area (Å²) in [4.78, 5) is 32.9. The number of carbonyl (C=O) groups is 3. The zero-order chi connectivity index (χ0) is 15.1. The van der Waals surface area contributed by atoms with Gasteiger partial charge in [0.05, 0.1) is 6.42 Å². The third kappa shape index (κ3) is 5.51. The second kappa shape index (κ2) is 7.28. The van der Waals surface area contributed by atoms with Crippen LogP contribution in [-0.2, 0) is 20.8 Å². The van der Waals surface area contributed by atoms with Crippen molar-refractivity contribution in [2.24, 2.45) is 0 Å². The fourth-order valence-electron chi connectivity index (χ4n) is 1.77. The van der Waals surface area contributed by atoms with Crippen molar-refractivity contribution >= 4 is 17.8 Å². The second-order valence-corrected chi connectivity index (χ2v) is 4.55. The first-order chi connectivity index (χ1) is 9.38. The van der Waals surface area contributed by atoms with E-state index in [1.54, 1.807) is 0 Å². The van der Waals surface area contributed by atoms with Crippen LogP contribution in [0.3, 0.4) is 0 Å². The number of nitrogens with one attached hydrogen (secondary N) is 1. The second-order valence-electron chi connectivity index (χ2n) is 4.55. The van der Waals surface area contributed by atoms with Crippen molar-refractivity contribution in [1.29, 1.82) is 0 Å². The van der Waals surface area contributed by atoms with Gasteiger partial charge in [0.15, 0.2) is 0 Å². The Hall–Kier alpha value is -2.37. The zero-order valence-electron chi connectivity index (χ0n) is 11.1. The van der Waals surface area contributed by atoms with Gasteiger partial charge in [-0.05, 0) is 18.9 Å². The van der Waals surface area contributed by atoms with Crippen molar-refractivity contribution in [2.45, 2.75) is 32.2 Å². The van der Waals surface area contributed by atoms with Gasteiger partial charge in [-0.1, -0.05) is 29.8 Å². The Morgan fingerprint density at radius 2 is 1.95 bits per heavy atom. The monoisotopic (exact) mass is 279 g/mol. The number of hydrogen-bond acceptors (Lipinski definition) is 3. The van der Waals surface area contributed by atoms with Gasteiger partial charge >= 0.3 is 11.9 Å². The molecule has 6 heteroatoms. The maximum Gasteiger partial charge on any atom is 0.326 e. The van der Waals surface area contributed by atoms with Crippen molar-refractivity contribution in [2.75, 3.05) is 0 Å². The SMILES string of the molecule is Cc1cccc(CCC(=O)N[C@@H](CC(=O)O)C(=O)O)c1. The van der Waals surface area contributed by atoms with Crippen LogP contribution in [0, 0.1) is 6.92 Å². The highest BCUT2D eigenvalue weighted by atomic mass is 16.4. The average Bonchev–Trinajstić information content (AvgIpc) is 2.35. The highest BCUT2D eigenvalue weighted by molar-refractivity contribution is 5.86. The minimum absolute atomic E-state index is 0.118. The van der Waals surface area contributed by atoms with E-state index in [-0.39, 0.29) is 6.42 Å². The van der Waals surface area contributed by atoms with Gasteiger partial charge in [-0.25, -0.2) is 4.79 Å². The Bertz CT molecular complexity index is 512. The minimum Gasteiger partial charge on any atom is -0.481 e. The van der Waals surface area contributed by atoms with E-state index in [1.807, 2.05) is 31.2 Å². The van der Waals surface area contributed by atoms with Gasteiger partial charge in [0.25, 0.3) is 0 Å². The van der Waals surface area contributed by atoms with Gasteiger partial charge in [-0.2, -0.15) is 0 Å². The third-order valence-electron chi connectivity index (χ3n) is 2.74. The van der Waals surface area contributed by atoms with Gasteiger partial charge < -0.3 is 15.5 Å². The van der Waals surface area contributed by atoms with E-state index in [4.69, 9.17) is 10.2 Å². The lowest BCUT2D eigenvalue weighted by atomic mass is 10.1. The topological polar surface area (TPSA) is 104 Å². The first-order valence-electron chi connectivity index (χ1n) is 6.18. The quantitative estimate of drug-likeness (QED) is 0.690. The maximum absolute atomic E-state index is 11.6. The van der Waals surface area contributed by atoms with E-state index in [0.717, 1.165) is 11.1 Å². The van der Waals surface area contributed by atoms with E-state index in [0.29, 0.717) is 6.42 Å². The summed E-state index contributed by atoms with van der Waals surface area (Å²) in [5.41, 5.74) is 2.06. The molecule has 6 nitrogen and oxygen atoms in total. The largest absolute Gasteiger partial charge is 0.481 e. The molecule has 0 bridgehead atoms. The van der Waals surface area contributed by atoms with Crippen molar-refractivity contribution < 1.29 is 24.6 Å². The number of carboxylic acids is 2. The van der Waals surface area contributed by atoms with Crippen LogP contribution in [0.25, 0.3) is 0 Å². The summed E-state index contributed by atoms with van der Waals surface area (Å²) in [6.45, 7) is 1.94. The normalized spacial score (nSPS) is 11.7. The number of rotatable bonds is 7. The van der Waals surface area contributed by atoms with Gasteiger partial charge in [-0.3, -0.25) is 9.59 Å². The lowest BCUT2D eigenvalue weighted by molar-refractivity contribution is -0.147. The molecule has 108 valence electrons. The van der Waals surface area contributed by atoms with Gasteiger partial charge in [0.1, 0.15) is 6.04 Å². The van der Waals surface area contributed by atoms with Crippen molar-refractivity contribution in [3.8, 4) is 0 Å². The molecule has 0 heterocycles. The Labute approximate surface area is 116 Å². The van der Waals surface area contributed by atoms with Crippen molar-refractivity contribution in [1.82, 2.24) is 5.32 Å². The average molecular weight is 279 g/mol. The molecule has 1 atom stereocenters. The minimum atomic E-state index is -1.39. The molecule has 0 aliphatic rings. The highest BCUT2D eigenvalue weighted by Crippen LogP contribution is 2.06. The molecule has 0 aromatic heterocycles. The van der Waals surface area contributed by atoms with Crippen molar-refractivity contribution in [3.63, 3.8) is 0 Å². The third-order valence-corrected chi connectivity index (χ3v) is 2.74. The van der Waals surface area contributed by atoms with Crippen LogP contribution in [0.4, 0.5) is 0 Å². The van der Waals surface area contributed by atoms with Gasteiger partial charge in [0.2, 0.25) is 5.91 Å². The fourth-order valence-corrected chi connectivity index (χ4v) is 1.77. The number of aliphatic carboxylic acids is 2. The van der Waals surface area contributed by atoms with Crippen LogP contribution in [-0.4, -0.2) is 34.1 Å². The van der Waals surface area contributed by atoms with Crippen LogP contribution in [0.5, 0.6) is 0 Å². The molecule has 1 amide bonds. The number of carboxylic acid groups (broad SMARTS) is 2. The van der Waals surface area contributed by atoms with Crippen molar-refractivity contribution in [3.05, 3.63) is 35.4 Å². The Balaban J connectivity index is 2.49. The van der Waals surface area contributed by atoms with E-state index in [9.17, 15) is 14.4 Å². The molecule has 0 saturated heterocycles. The van der Waals surface area contributed by atoms with E-state index >= 15 is 0 Å². The first kappa shape index (κ1) is 15.7. The lowest BCUT2D eigenvalue weighted by Crippen LogP contribution is -2.42. The molecule has 0 unspecified atom stereocenters. The molecule has 0 saturated carbocycles. The number of amides is 1. The lowest BCUT2D eigenvalue weighted by Gasteiger charge is -2.12. The van der Waals surface area contributed by atoms with Gasteiger partial charge in [-0.15, -0.1) is 0 Å². The molecular weight excluding hydrogens is 262 g/mol. The summed E-state index contributed by atoms with van der Waals surface area (Å²) in [7, 11) is 0. The summed E-state index contributed by atoms with van der Waals surface area (Å²) in [5, 5.41) is 19.6. The molecule has 0 fully saturated rings. The predicted octanol–water partition coefficient (Wildman–Crippen LogP) is 0.972. The smallest absolute Gasteiger partial charge is 0.326 e. The van der Waals surface area contributed by atoms with Crippen LogP contribution in [0.2, 0.25) is 0 Å². The van der Waals surface area contributed by atoms with E-state index in [1.165, 1.54) is 0 Å². The van der Waals surface area contributed by atoms with Crippen LogP contribution >= 0.6 is 0 Å². The molecule has 0 spiro atoms. The molecular formula is C14H17NO5. The summed E-state index contributed by atoms with van der Waals surface area (Å²) >= 11 is 0. The van der Waals surface area contributed by atoms with Crippen LogP contribution < -0.4 is 5.32 Å². The van der Waals surface area contributed by atoms with E-state index in [2.05, 4.69) is 5.32 Å².